The molecular weight excluding hydrogens is 243 g/mol. The van der Waals surface area contributed by atoms with Gasteiger partial charge in [-0.3, -0.25) is 9.00 Å². The first-order valence-corrected chi connectivity index (χ1v) is 6.50. The fourth-order valence-electron chi connectivity index (χ4n) is 1.12. The molecule has 0 bridgehead atoms. The Morgan fingerprint density at radius 3 is 2.76 bits per heavy atom. The minimum absolute atomic E-state index is 0.00996. The minimum atomic E-state index is -1.25. The van der Waals surface area contributed by atoms with Crippen molar-refractivity contribution in [3.8, 4) is 0 Å². The Balaban J connectivity index is 2.68. The predicted molar refractivity (Wildman–Crippen MR) is 67.6 cm³/mol. The number of hydrogen-bond acceptors (Lipinski definition) is 3. The van der Waals surface area contributed by atoms with Crippen LogP contribution < -0.4 is 11.1 Å². The van der Waals surface area contributed by atoms with Crippen molar-refractivity contribution in [2.75, 3.05) is 16.8 Å². The van der Waals surface area contributed by atoms with E-state index in [0.717, 1.165) is 0 Å². The number of nitrogens with one attached hydrogen (secondary N) is 1. The molecule has 1 atom stereocenters. The molecule has 3 N–H and O–H groups in total. The van der Waals surface area contributed by atoms with Gasteiger partial charge in [-0.1, -0.05) is 13.8 Å². The van der Waals surface area contributed by atoms with E-state index < -0.39 is 22.5 Å². The Hall–Kier alpha value is -1.43. The summed E-state index contributed by atoms with van der Waals surface area (Å²) in [5.41, 5.74) is 5.84. The van der Waals surface area contributed by atoms with Crippen molar-refractivity contribution >= 4 is 28.1 Å². The zero-order chi connectivity index (χ0) is 13.0. The lowest BCUT2D eigenvalue weighted by Crippen LogP contribution is -2.23. The first-order chi connectivity index (χ1) is 7.90. The molecule has 0 radical (unpaired) electrons. The summed E-state index contributed by atoms with van der Waals surface area (Å²) in [6, 6.07) is 3.90. The molecule has 1 amide bonds. The van der Waals surface area contributed by atoms with Crippen molar-refractivity contribution in [1.82, 2.24) is 0 Å². The first kappa shape index (κ1) is 13.6. The molecule has 0 spiro atoms. The molecule has 0 heterocycles. The van der Waals surface area contributed by atoms with Crippen molar-refractivity contribution in [3.05, 3.63) is 24.0 Å². The van der Waals surface area contributed by atoms with Crippen molar-refractivity contribution in [2.24, 2.45) is 0 Å². The molecule has 0 fully saturated rings. The number of rotatable bonds is 4. The molecule has 1 aromatic carbocycles. The number of hydrogen-bond donors (Lipinski definition) is 2. The van der Waals surface area contributed by atoms with E-state index in [4.69, 9.17) is 5.73 Å². The number of carbonyl (C=O) groups is 1. The van der Waals surface area contributed by atoms with E-state index in [1.54, 1.807) is 13.8 Å². The topological polar surface area (TPSA) is 72.2 Å². The summed E-state index contributed by atoms with van der Waals surface area (Å²) < 4.78 is 24.7. The highest BCUT2D eigenvalue weighted by Gasteiger charge is 2.13. The van der Waals surface area contributed by atoms with Gasteiger partial charge in [0.15, 0.2) is 0 Å². The number of amides is 1. The Bertz CT molecular complexity index is 449. The fraction of sp³-hybridized carbons (Fsp3) is 0.364. The number of benzene rings is 1. The van der Waals surface area contributed by atoms with E-state index >= 15 is 0 Å². The molecule has 6 heteroatoms. The van der Waals surface area contributed by atoms with Gasteiger partial charge in [0.2, 0.25) is 5.91 Å². The van der Waals surface area contributed by atoms with Crippen LogP contribution in [0.5, 0.6) is 0 Å². The maximum atomic E-state index is 13.3. The second kappa shape index (κ2) is 5.77. The number of nitrogens with two attached hydrogens (primary N) is 1. The van der Waals surface area contributed by atoms with E-state index in [-0.39, 0.29) is 16.7 Å². The molecule has 0 saturated heterocycles. The summed E-state index contributed by atoms with van der Waals surface area (Å²) in [5.74, 6) is -1.20. The second-order valence-electron chi connectivity index (χ2n) is 3.86. The molecule has 94 valence electrons. The van der Waals surface area contributed by atoms with Crippen molar-refractivity contribution in [2.45, 2.75) is 19.1 Å². The monoisotopic (exact) mass is 258 g/mol. The van der Waals surface area contributed by atoms with Gasteiger partial charge in [0.25, 0.3) is 0 Å². The number of halogens is 1. The second-order valence-corrected chi connectivity index (χ2v) is 5.85. The highest BCUT2D eigenvalue weighted by atomic mass is 32.2. The number of carbonyl (C=O) groups excluding carboxylic acids is 1. The summed E-state index contributed by atoms with van der Waals surface area (Å²) in [6.07, 6.45) is 0. The van der Waals surface area contributed by atoms with Gasteiger partial charge in [-0.2, -0.15) is 0 Å². The van der Waals surface area contributed by atoms with E-state index in [1.165, 1.54) is 18.2 Å². The van der Waals surface area contributed by atoms with Gasteiger partial charge in [0.1, 0.15) is 11.6 Å². The summed E-state index contributed by atoms with van der Waals surface area (Å²) in [4.78, 5) is 11.5. The Labute approximate surface area is 102 Å². The average molecular weight is 258 g/mol. The molecule has 1 rings (SSSR count). The molecule has 17 heavy (non-hydrogen) atoms. The normalized spacial score (nSPS) is 12.5. The van der Waals surface area contributed by atoms with Gasteiger partial charge in [0.05, 0.1) is 5.69 Å². The van der Waals surface area contributed by atoms with Crippen LogP contribution in [0, 0.1) is 5.82 Å². The largest absolute Gasteiger partial charge is 0.399 e. The van der Waals surface area contributed by atoms with Crippen molar-refractivity contribution in [3.63, 3.8) is 0 Å². The van der Waals surface area contributed by atoms with E-state index in [1.807, 2.05) is 0 Å². The molecule has 0 aliphatic heterocycles. The third kappa shape index (κ3) is 4.14. The standard InChI is InChI=1S/C11H15FN2O2S/c1-7(2)17(16)6-11(15)14-10-5-8(13)3-4-9(10)12/h3-5,7H,6,13H2,1-2H3,(H,14,15). The van der Waals surface area contributed by atoms with Crippen LogP contribution in [-0.2, 0) is 15.6 Å². The zero-order valence-corrected chi connectivity index (χ0v) is 10.5. The van der Waals surface area contributed by atoms with Gasteiger partial charge in [-0.15, -0.1) is 0 Å². The lowest BCUT2D eigenvalue weighted by atomic mass is 10.2. The van der Waals surface area contributed by atoms with Crippen molar-refractivity contribution < 1.29 is 13.4 Å². The summed E-state index contributed by atoms with van der Waals surface area (Å²) in [6.45, 7) is 3.51. The van der Waals surface area contributed by atoms with E-state index in [9.17, 15) is 13.4 Å². The molecule has 0 aliphatic rings. The lowest BCUT2D eigenvalue weighted by Gasteiger charge is -2.08. The molecular formula is C11H15FN2O2S. The summed E-state index contributed by atoms with van der Waals surface area (Å²) >= 11 is 0. The molecule has 1 unspecified atom stereocenters. The molecule has 4 nitrogen and oxygen atoms in total. The maximum Gasteiger partial charge on any atom is 0.237 e. The predicted octanol–water partition coefficient (Wildman–Crippen LogP) is 1.50. The summed E-state index contributed by atoms with van der Waals surface area (Å²) in [7, 11) is -1.25. The van der Waals surface area contributed by atoms with Crippen LogP contribution in [0.3, 0.4) is 0 Å². The van der Waals surface area contributed by atoms with Crippen LogP contribution in [0.4, 0.5) is 15.8 Å². The SMILES string of the molecule is CC(C)S(=O)CC(=O)Nc1cc(N)ccc1F. The molecule has 0 saturated carbocycles. The van der Waals surface area contributed by atoms with Gasteiger partial charge in [-0.25, -0.2) is 4.39 Å². The average Bonchev–Trinajstić information content (AvgIpc) is 2.23. The Kier molecular flexibility index (Phi) is 4.62. The lowest BCUT2D eigenvalue weighted by molar-refractivity contribution is -0.113. The minimum Gasteiger partial charge on any atom is -0.399 e. The van der Waals surface area contributed by atoms with Crippen LogP contribution in [0.25, 0.3) is 0 Å². The quantitative estimate of drug-likeness (QED) is 0.804. The van der Waals surface area contributed by atoms with Crippen LogP contribution in [0.15, 0.2) is 18.2 Å². The van der Waals surface area contributed by atoms with E-state index in [2.05, 4.69) is 5.32 Å². The van der Waals surface area contributed by atoms with Crippen LogP contribution in [-0.4, -0.2) is 21.1 Å². The van der Waals surface area contributed by atoms with Crippen molar-refractivity contribution in [1.29, 1.82) is 0 Å². The number of anilines is 2. The van der Waals surface area contributed by atoms with Crippen LogP contribution in [0.1, 0.15) is 13.8 Å². The first-order valence-electron chi connectivity index (χ1n) is 5.12. The summed E-state index contributed by atoms with van der Waals surface area (Å²) in [5, 5.41) is 2.24. The smallest absolute Gasteiger partial charge is 0.237 e. The van der Waals surface area contributed by atoms with Gasteiger partial charge < -0.3 is 11.1 Å². The molecule has 1 aromatic rings. The maximum absolute atomic E-state index is 13.3. The third-order valence-electron chi connectivity index (χ3n) is 2.06. The van der Waals surface area contributed by atoms with Crippen LogP contribution >= 0.6 is 0 Å². The zero-order valence-electron chi connectivity index (χ0n) is 9.70. The number of nitrogen functional groups attached to an aromatic ring is 1. The Morgan fingerprint density at radius 1 is 1.53 bits per heavy atom. The van der Waals surface area contributed by atoms with Gasteiger partial charge >= 0.3 is 0 Å². The van der Waals surface area contributed by atoms with E-state index in [0.29, 0.717) is 5.69 Å². The third-order valence-corrected chi connectivity index (χ3v) is 3.66. The molecule has 0 aromatic heterocycles. The highest BCUT2D eigenvalue weighted by molar-refractivity contribution is 7.86. The van der Waals surface area contributed by atoms with Gasteiger partial charge in [0, 0.05) is 21.7 Å². The fourth-order valence-corrected chi connectivity index (χ4v) is 1.78. The molecule has 0 aliphatic carbocycles. The van der Waals surface area contributed by atoms with Crippen LogP contribution in [0.2, 0.25) is 0 Å². The Morgan fingerprint density at radius 2 is 2.18 bits per heavy atom. The van der Waals surface area contributed by atoms with Gasteiger partial charge in [-0.05, 0) is 18.2 Å². The highest BCUT2D eigenvalue weighted by Crippen LogP contribution is 2.17.